The van der Waals surface area contributed by atoms with E-state index in [1.807, 2.05) is 0 Å². The van der Waals surface area contributed by atoms with Crippen LogP contribution in [-0.2, 0) is 0 Å². The van der Waals surface area contributed by atoms with Crippen molar-refractivity contribution in [3.05, 3.63) is 12.4 Å². The molecule has 142 valence electrons. The van der Waals surface area contributed by atoms with E-state index in [-0.39, 0.29) is 0 Å². The molecule has 24 heavy (non-hydrogen) atoms. The van der Waals surface area contributed by atoms with E-state index >= 15 is 0 Å². The van der Waals surface area contributed by atoms with Gasteiger partial charge in [-0.3, -0.25) is 0 Å². The van der Waals surface area contributed by atoms with Gasteiger partial charge in [-0.15, -0.1) is 0 Å². The second-order valence-electron chi connectivity index (χ2n) is 7.58. The number of hydrogen-bond acceptors (Lipinski definition) is 2. The highest BCUT2D eigenvalue weighted by atomic mass is 15.4. The third-order valence-corrected chi connectivity index (χ3v) is 5.32. The van der Waals surface area contributed by atoms with Gasteiger partial charge >= 0.3 is 0 Å². The molecule has 0 aliphatic carbocycles. The van der Waals surface area contributed by atoms with Crippen LogP contribution in [0.1, 0.15) is 111 Å². The van der Waals surface area contributed by atoms with Crippen LogP contribution < -0.4 is 0 Å². The summed E-state index contributed by atoms with van der Waals surface area (Å²) < 4.78 is 0. The van der Waals surface area contributed by atoms with E-state index in [0.29, 0.717) is 6.17 Å². The summed E-state index contributed by atoms with van der Waals surface area (Å²) >= 11 is 0. The Morgan fingerprint density at radius 3 is 1.42 bits per heavy atom. The van der Waals surface area contributed by atoms with E-state index in [2.05, 4.69) is 43.0 Å². The van der Waals surface area contributed by atoms with Crippen LogP contribution in [0.4, 0.5) is 0 Å². The summed E-state index contributed by atoms with van der Waals surface area (Å²) in [7, 11) is 0. The van der Waals surface area contributed by atoms with E-state index in [0.717, 1.165) is 0 Å². The van der Waals surface area contributed by atoms with Crippen molar-refractivity contribution in [2.24, 2.45) is 0 Å². The summed E-state index contributed by atoms with van der Waals surface area (Å²) in [4.78, 5) is 5.27. The summed E-state index contributed by atoms with van der Waals surface area (Å²) in [5, 5.41) is 0. The van der Waals surface area contributed by atoms with Gasteiger partial charge < -0.3 is 9.80 Å². The highest BCUT2D eigenvalue weighted by Crippen LogP contribution is 2.23. The predicted molar refractivity (Wildman–Crippen MR) is 108 cm³/mol. The minimum atomic E-state index is 0.648. The monoisotopic (exact) mass is 336 g/mol. The molecule has 2 heteroatoms. The van der Waals surface area contributed by atoms with Crippen molar-refractivity contribution < 1.29 is 0 Å². The van der Waals surface area contributed by atoms with Crippen molar-refractivity contribution in [1.82, 2.24) is 9.80 Å². The Morgan fingerprint density at radius 2 is 0.958 bits per heavy atom. The Labute approximate surface area is 152 Å². The number of unbranched alkanes of at least 4 members (excludes halogenated alkanes) is 10. The van der Waals surface area contributed by atoms with Gasteiger partial charge in [0, 0.05) is 25.5 Å². The van der Waals surface area contributed by atoms with Crippen LogP contribution in [0.25, 0.3) is 0 Å². The Balaban J connectivity index is 2.35. The van der Waals surface area contributed by atoms with Gasteiger partial charge in [0.25, 0.3) is 0 Å². The molecule has 2 nitrogen and oxygen atoms in total. The average molecular weight is 337 g/mol. The molecule has 1 aliphatic heterocycles. The standard InChI is InChI=1S/C22H44N2/c1-4-7-10-13-14-17-22-23(18-15-11-8-5-2)20-21-24(22)19-16-12-9-6-3/h20-22H,4-19H2,1-3H3. The first kappa shape index (κ1) is 21.4. The molecule has 0 fully saturated rings. The fourth-order valence-electron chi connectivity index (χ4n) is 3.71. The molecule has 0 aromatic heterocycles. The van der Waals surface area contributed by atoms with Gasteiger partial charge in [0.2, 0.25) is 0 Å². The quantitative estimate of drug-likeness (QED) is 0.282. The molecule has 0 amide bonds. The highest BCUT2D eigenvalue weighted by Gasteiger charge is 2.24. The first-order chi connectivity index (χ1) is 11.8. The smallest absolute Gasteiger partial charge is 0.101 e. The van der Waals surface area contributed by atoms with Gasteiger partial charge in [-0.25, -0.2) is 0 Å². The molecule has 0 N–H and O–H groups in total. The molecule has 0 aromatic rings. The Kier molecular flexibility index (Phi) is 13.1. The summed E-state index contributed by atoms with van der Waals surface area (Å²) in [5.41, 5.74) is 0. The SMILES string of the molecule is CCCCCCCC1N(CCCCCC)C=CN1CCCCCC. The van der Waals surface area contributed by atoms with Crippen LogP contribution in [0.15, 0.2) is 12.4 Å². The minimum absolute atomic E-state index is 0.648. The van der Waals surface area contributed by atoms with Crippen LogP contribution in [0.2, 0.25) is 0 Å². The predicted octanol–water partition coefficient (Wildman–Crippen LogP) is 6.92. The normalized spacial score (nSPS) is 15.0. The lowest BCUT2D eigenvalue weighted by Gasteiger charge is -2.33. The topological polar surface area (TPSA) is 6.48 Å². The molecule has 0 saturated heterocycles. The van der Waals surface area contributed by atoms with Crippen molar-refractivity contribution in [3.63, 3.8) is 0 Å². The first-order valence-corrected chi connectivity index (χ1v) is 11.0. The summed E-state index contributed by atoms with van der Waals surface area (Å²) in [6, 6.07) is 0. The average Bonchev–Trinajstić information content (AvgIpc) is 2.97. The van der Waals surface area contributed by atoms with E-state index in [9.17, 15) is 0 Å². The molecule has 0 atom stereocenters. The van der Waals surface area contributed by atoms with Crippen LogP contribution in [0.3, 0.4) is 0 Å². The van der Waals surface area contributed by atoms with Crippen molar-refractivity contribution in [2.45, 2.75) is 117 Å². The zero-order valence-electron chi connectivity index (χ0n) is 16.9. The Hall–Kier alpha value is -0.660. The maximum atomic E-state index is 2.63. The third-order valence-electron chi connectivity index (χ3n) is 5.32. The molecule has 0 saturated carbocycles. The van der Waals surface area contributed by atoms with Crippen molar-refractivity contribution >= 4 is 0 Å². The van der Waals surface area contributed by atoms with Crippen LogP contribution in [-0.4, -0.2) is 29.1 Å². The lowest BCUT2D eigenvalue weighted by atomic mass is 10.1. The summed E-state index contributed by atoms with van der Waals surface area (Å²) in [5.74, 6) is 0. The molecule has 0 unspecified atom stereocenters. The second-order valence-corrected chi connectivity index (χ2v) is 7.58. The molecule has 0 radical (unpaired) electrons. The zero-order valence-corrected chi connectivity index (χ0v) is 16.9. The largest absolute Gasteiger partial charge is 0.356 e. The van der Waals surface area contributed by atoms with Crippen molar-refractivity contribution in [2.75, 3.05) is 13.1 Å². The van der Waals surface area contributed by atoms with E-state index < -0.39 is 0 Å². The van der Waals surface area contributed by atoms with Gasteiger partial charge in [-0.05, 0) is 25.7 Å². The van der Waals surface area contributed by atoms with Crippen LogP contribution in [0, 0.1) is 0 Å². The van der Waals surface area contributed by atoms with Crippen molar-refractivity contribution in [1.29, 1.82) is 0 Å². The Morgan fingerprint density at radius 1 is 0.542 bits per heavy atom. The molecule has 1 heterocycles. The molecule has 0 bridgehead atoms. The fraction of sp³-hybridized carbons (Fsp3) is 0.909. The highest BCUT2D eigenvalue weighted by molar-refractivity contribution is 4.96. The minimum Gasteiger partial charge on any atom is -0.356 e. The van der Waals surface area contributed by atoms with E-state index in [1.165, 1.54) is 103 Å². The molecule has 1 aliphatic rings. The molecule has 0 aromatic carbocycles. The number of nitrogens with zero attached hydrogens (tertiary/aromatic N) is 2. The summed E-state index contributed by atoms with van der Waals surface area (Å²) in [6.45, 7) is 9.40. The lowest BCUT2D eigenvalue weighted by molar-refractivity contribution is 0.135. The van der Waals surface area contributed by atoms with Gasteiger partial charge in [0.1, 0.15) is 6.17 Å². The Bertz CT molecular complexity index is 278. The van der Waals surface area contributed by atoms with Gasteiger partial charge in [0.15, 0.2) is 0 Å². The van der Waals surface area contributed by atoms with Gasteiger partial charge in [-0.1, -0.05) is 85.0 Å². The third kappa shape index (κ3) is 8.99. The number of hydrogen-bond donors (Lipinski definition) is 0. The maximum absolute atomic E-state index is 2.63. The van der Waals surface area contributed by atoms with Gasteiger partial charge in [0.05, 0.1) is 0 Å². The van der Waals surface area contributed by atoms with Crippen LogP contribution in [0.5, 0.6) is 0 Å². The second kappa shape index (κ2) is 14.7. The lowest BCUT2D eigenvalue weighted by Crippen LogP contribution is -2.39. The molecule has 1 rings (SSSR count). The van der Waals surface area contributed by atoms with Crippen LogP contribution >= 0.6 is 0 Å². The van der Waals surface area contributed by atoms with Gasteiger partial charge in [-0.2, -0.15) is 0 Å². The molecular formula is C22H44N2. The van der Waals surface area contributed by atoms with Crippen molar-refractivity contribution in [3.8, 4) is 0 Å². The molecular weight excluding hydrogens is 292 g/mol. The zero-order chi connectivity index (χ0) is 17.5. The van der Waals surface area contributed by atoms with E-state index in [4.69, 9.17) is 0 Å². The van der Waals surface area contributed by atoms with E-state index in [1.54, 1.807) is 0 Å². The fourth-order valence-corrected chi connectivity index (χ4v) is 3.71. The summed E-state index contributed by atoms with van der Waals surface area (Å²) in [6.07, 6.45) is 24.7. The molecule has 0 spiro atoms. The number of rotatable bonds is 16. The first-order valence-electron chi connectivity index (χ1n) is 11.0. The maximum Gasteiger partial charge on any atom is 0.101 e.